The van der Waals surface area contributed by atoms with E-state index in [0.29, 0.717) is 25.9 Å². The number of halogens is 1. The maximum Gasteiger partial charge on any atom is 0.224 e. The molecule has 25 heavy (non-hydrogen) atoms. The third-order valence-electron chi connectivity index (χ3n) is 4.60. The highest BCUT2D eigenvalue weighted by molar-refractivity contribution is 5.94. The largest absolute Gasteiger partial charge is 0.494 e. The normalized spacial score (nSPS) is 19.5. The van der Waals surface area contributed by atoms with Crippen molar-refractivity contribution in [3.05, 3.63) is 23.8 Å². The molecule has 2 aliphatic heterocycles. The number of rotatable bonds is 5. The summed E-state index contributed by atoms with van der Waals surface area (Å²) in [6, 6.07) is 6.00. The van der Waals surface area contributed by atoms with Crippen LogP contribution in [0.1, 0.15) is 31.7 Å². The van der Waals surface area contributed by atoms with Crippen molar-refractivity contribution < 1.29 is 14.3 Å². The van der Waals surface area contributed by atoms with Crippen LogP contribution in [0, 0.1) is 0 Å². The lowest BCUT2D eigenvalue weighted by Crippen LogP contribution is -2.52. The molecule has 0 bridgehead atoms. The van der Waals surface area contributed by atoms with Gasteiger partial charge in [0, 0.05) is 44.2 Å². The summed E-state index contributed by atoms with van der Waals surface area (Å²) in [7, 11) is 0. The molecule has 0 radical (unpaired) electrons. The van der Waals surface area contributed by atoms with E-state index >= 15 is 0 Å². The van der Waals surface area contributed by atoms with Crippen LogP contribution in [0.4, 0.5) is 5.69 Å². The van der Waals surface area contributed by atoms with Crippen molar-refractivity contribution in [3.63, 3.8) is 0 Å². The van der Waals surface area contributed by atoms with Crippen LogP contribution in [0.2, 0.25) is 0 Å². The maximum atomic E-state index is 12.2. The minimum absolute atomic E-state index is 0. The SMILES string of the molecule is CC1CNCCN1C(=O)CCCOc1ccc2c(c1)CCC(=O)N2.Cl. The molecular formula is C18H26ClN3O3. The molecule has 0 aliphatic carbocycles. The molecule has 2 amide bonds. The van der Waals surface area contributed by atoms with Crippen molar-refractivity contribution in [1.82, 2.24) is 10.2 Å². The van der Waals surface area contributed by atoms with Crippen LogP contribution < -0.4 is 15.4 Å². The molecule has 2 heterocycles. The molecule has 0 saturated carbocycles. The van der Waals surface area contributed by atoms with Gasteiger partial charge in [-0.2, -0.15) is 0 Å². The average Bonchev–Trinajstić information content (AvgIpc) is 2.59. The number of hydrogen-bond acceptors (Lipinski definition) is 4. The zero-order valence-electron chi connectivity index (χ0n) is 14.5. The Kier molecular flexibility index (Phi) is 7.08. The van der Waals surface area contributed by atoms with E-state index in [1.54, 1.807) is 0 Å². The fourth-order valence-electron chi connectivity index (χ4n) is 3.22. The highest BCUT2D eigenvalue weighted by Crippen LogP contribution is 2.26. The van der Waals surface area contributed by atoms with Crippen LogP contribution in [0.15, 0.2) is 18.2 Å². The Morgan fingerprint density at radius 2 is 2.20 bits per heavy atom. The molecule has 138 valence electrons. The number of carbonyl (C=O) groups excluding carboxylic acids is 2. The van der Waals surface area contributed by atoms with Crippen molar-refractivity contribution in [1.29, 1.82) is 0 Å². The number of fused-ring (bicyclic) bond motifs is 1. The van der Waals surface area contributed by atoms with E-state index < -0.39 is 0 Å². The van der Waals surface area contributed by atoms with Gasteiger partial charge in [0.15, 0.2) is 0 Å². The first-order chi connectivity index (χ1) is 11.6. The molecule has 1 aromatic carbocycles. The van der Waals surface area contributed by atoms with E-state index in [0.717, 1.165) is 43.1 Å². The number of nitrogens with one attached hydrogen (secondary N) is 2. The number of piperazine rings is 1. The number of nitrogens with zero attached hydrogens (tertiary/aromatic N) is 1. The Morgan fingerprint density at radius 1 is 1.36 bits per heavy atom. The summed E-state index contributed by atoms with van der Waals surface area (Å²) in [5.41, 5.74) is 1.99. The van der Waals surface area contributed by atoms with Gasteiger partial charge >= 0.3 is 0 Å². The van der Waals surface area contributed by atoms with Crippen LogP contribution in [-0.2, 0) is 16.0 Å². The lowest BCUT2D eigenvalue weighted by Gasteiger charge is -2.34. The van der Waals surface area contributed by atoms with Gasteiger partial charge in [0.25, 0.3) is 0 Å². The highest BCUT2D eigenvalue weighted by atomic mass is 35.5. The molecule has 1 aromatic rings. The molecular weight excluding hydrogens is 342 g/mol. The Labute approximate surface area is 154 Å². The van der Waals surface area contributed by atoms with Crippen molar-refractivity contribution in [3.8, 4) is 5.75 Å². The topological polar surface area (TPSA) is 70.7 Å². The number of aryl methyl sites for hydroxylation is 1. The summed E-state index contributed by atoms with van der Waals surface area (Å²) in [6.07, 6.45) is 2.50. The number of amides is 2. The molecule has 2 aliphatic rings. The van der Waals surface area contributed by atoms with Gasteiger partial charge in [-0.05, 0) is 43.5 Å². The summed E-state index contributed by atoms with van der Waals surface area (Å²) < 4.78 is 5.77. The van der Waals surface area contributed by atoms with Crippen LogP contribution in [-0.4, -0.2) is 49.0 Å². The van der Waals surface area contributed by atoms with Crippen LogP contribution in [0.5, 0.6) is 5.75 Å². The molecule has 1 atom stereocenters. The van der Waals surface area contributed by atoms with E-state index in [2.05, 4.69) is 17.6 Å². The minimum Gasteiger partial charge on any atom is -0.494 e. The predicted molar refractivity (Wildman–Crippen MR) is 99.4 cm³/mol. The van der Waals surface area contributed by atoms with Crippen molar-refractivity contribution in [2.24, 2.45) is 0 Å². The molecule has 0 aromatic heterocycles. The zero-order valence-corrected chi connectivity index (χ0v) is 15.4. The van der Waals surface area contributed by atoms with Gasteiger partial charge in [-0.3, -0.25) is 9.59 Å². The second-order valence-corrected chi connectivity index (χ2v) is 6.46. The molecule has 1 saturated heterocycles. The Balaban J connectivity index is 0.00000225. The zero-order chi connectivity index (χ0) is 16.9. The molecule has 6 nitrogen and oxygen atoms in total. The van der Waals surface area contributed by atoms with E-state index in [9.17, 15) is 9.59 Å². The van der Waals surface area contributed by atoms with Gasteiger partial charge in [-0.15, -0.1) is 12.4 Å². The lowest BCUT2D eigenvalue weighted by molar-refractivity contribution is -0.134. The van der Waals surface area contributed by atoms with Gasteiger partial charge in [0.2, 0.25) is 11.8 Å². The number of hydrogen-bond donors (Lipinski definition) is 2. The summed E-state index contributed by atoms with van der Waals surface area (Å²) in [6.45, 7) is 5.13. The summed E-state index contributed by atoms with van der Waals surface area (Å²) >= 11 is 0. The van der Waals surface area contributed by atoms with Gasteiger partial charge in [0.1, 0.15) is 5.75 Å². The third kappa shape index (κ3) is 5.09. The maximum absolute atomic E-state index is 12.2. The van der Waals surface area contributed by atoms with Gasteiger partial charge in [-0.1, -0.05) is 0 Å². The lowest BCUT2D eigenvalue weighted by atomic mass is 10.0. The smallest absolute Gasteiger partial charge is 0.224 e. The van der Waals surface area contributed by atoms with E-state index in [1.165, 1.54) is 0 Å². The van der Waals surface area contributed by atoms with E-state index in [4.69, 9.17) is 4.74 Å². The fourth-order valence-corrected chi connectivity index (χ4v) is 3.22. The number of carbonyl (C=O) groups is 2. The molecule has 3 rings (SSSR count). The second-order valence-electron chi connectivity index (χ2n) is 6.46. The quantitative estimate of drug-likeness (QED) is 0.781. The number of anilines is 1. The third-order valence-corrected chi connectivity index (χ3v) is 4.60. The van der Waals surface area contributed by atoms with Crippen molar-refractivity contribution >= 4 is 29.9 Å². The highest BCUT2D eigenvalue weighted by Gasteiger charge is 2.22. The van der Waals surface area contributed by atoms with Crippen LogP contribution in [0.3, 0.4) is 0 Å². The van der Waals surface area contributed by atoms with Crippen molar-refractivity contribution in [2.75, 3.05) is 31.6 Å². The standard InChI is InChI=1S/C18H25N3O3.ClH/c1-13-12-19-8-9-21(13)18(23)3-2-10-24-15-5-6-16-14(11-15)4-7-17(22)20-16;/h5-6,11,13,19H,2-4,7-10,12H2,1H3,(H,20,22);1H. The first-order valence-corrected chi connectivity index (χ1v) is 8.69. The molecule has 0 spiro atoms. The number of benzene rings is 1. The Morgan fingerprint density at radius 3 is 3.00 bits per heavy atom. The monoisotopic (exact) mass is 367 g/mol. The molecule has 1 fully saturated rings. The van der Waals surface area contributed by atoms with Crippen LogP contribution >= 0.6 is 12.4 Å². The summed E-state index contributed by atoms with van der Waals surface area (Å²) in [5.74, 6) is 1.07. The molecule has 2 N–H and O–H groups in total. The van der Waals surface area contributed by atoms with E-state index in [-0.39, 0.29) is 30.3 Å². The number of ether oxygens (including phenoxy) is 1. The minimum atomic E-state index is 0. The van der Waals surface area contributed by atoms with Gasteiger partial charge in [-0.25, -0.2) is 0 Å². The van der Waals surface area contributed by atoms with E-state index in [1.807, 2.05) is 23.1 Å². The first kappa shape index (κ1) is 19.5. The molecule has 7 heteroatoms. The Bertz CT molecular complexity index is 624. The predicted octanol–water partition coefficient (Wildman–Crippen LogP) is 1.97. The Hall–Kier alpha value is -1.79. The molecule has 1 unspecified atom stereocenters. The fraction of sp³-hybridized carbons (Fsp3) is 0.556. The average molecular weight is 368 g/mol. The summed E-state index contributed by atoms with van der Waals surface area (Å²) in [5, 5.41) is 6.15. The van der Waals surface area contributed by atoms with Crippen LogP contribution in [0.25, 0.3) is 0 Å². The van der Waals surface area contributed by atoms with Gasteiger partial charge in [0.05, 0.1) is 6.61 Å². The summed E-state index contributed by atoms with van der Waals surface area (Å²) in [4.78, 5) is 25.6. The van der Waals surface area contributed by atoms with Crippen molar-refractivity contribution in [2.45, 2.75) is 38.6 Å². The first-order valence-electron chi connectivity index (χ1n) is 8.69. The van der Waals surface area contributed by atoms with Gasteiger partial charge < -0.3 is 20.3 Å². The second kappa shape index (κ2) is 9.06.